The molecule has 82 valence electrons. The normalized spacial score (nSPS) is 27.4. The summed E-state index contributed by atoms with van der Waals surface area (Å²) in [4.78, 5) is 0. The lowest BCUT2D eigenvalue weighted by atomic mass is 9.96. The minimum absolute atomic E-state index is 0.258. The molecule has 3 nitrogen and oxygen atoms in total. The molecule has 1 rings (SSSR count). The molecule has 1 aliphatic rings. The first kappa shape index (κ1) is 11.7. The lowest BCUT2D eigenvalue weighted by Crippen LogP contribution is -2.29. The first-order valence-electron chi connectivity index (χ1n) is 4.97. The largest absolute Gasteiger partial charge is 0.313 e. The van der Waals surface area contributed by atoms with Crippen molar-refractivity contribution in [3.63, 3.8) is 0 Å². The van der Waals surface area contributed by atoms with E-state index in [1.54, 1.807) is 0 Å². The number of nitrogens with one attached hydrogen (secondary N) is 1. The summed E-state index contributed by atoms with van der Waals surface area (Å²) < 4.78 is 22.5. The fourth-order valence-corrected chi connectivity index (χ4v) is 3.84. The Morgan fingerprint density at radius 3 is 2.64 bits per heavy atom. The molecule has 0 saturated carbocycles. The Morgan fingerprint density at radius 2 is 2.29 bits per heavy atom. The van der Waals surface area contributed by atoms with Gasteiger partial charge in [-0.05, 0) is 32.7 Å². The van der Waals surface area contributed by atoms with E-state index >= 15 is 0 Å². The van der Waals surface area contributed by atoms with Crippen LogP contribution in [-0.4, -0.2) is 33.0 Å². The second-order valence-corrected chi connectivity index (χ2v) is 6.42. The van der Waals surface area contributed by atoms with Crippen LogP contribution in [0.3, 0.4) is 0 Å². The Balaban J connectivity index is 2.50. The second-order valence-electron chi connectivity index (χ2n) is 4.19. The van der Waals surface area contributed by atoms with E-state index in [1.807, 2.05) is 14.0 Å². The van der Waals surface area contributed by atoms with E-state index in [0.717, 1.165) is 18.4 Å². The van der Waals surface area contributed by atoms with Crippen LogP contribution in [0.4, 0.5) is 0 Å². The highest BCUT2D eigenvalue weighted by Gasteiger charge is 2.29. The van der Waals surface area contributed by atoms with E-state index in [0.29, 0.717) is 17.4 Å². The molecular formula is C10H19NO2S. The number of hydrogen-bond acceptors (Lipinski definition) is 3. The molecule has 1 N–H and O–H groups in total. The van der Waals surface area contributed by atoms with Gasteiger partial charge in [0.1, 0.15) is 0 Å². The minimum Gasteiger partial charge on any atom is -0.313 e. The van der Waals surface area contributed by atoms with Crippen molar-refractivity contribution in [1.82, 2.24) is 5.32 Å². The van der Waals surface area contributed by atoms with Crippen LogP contribution >= 0.6 is 0 Å². The summed E-state index contributed by atoms with van der Waals surface area (Å²) in [6.07, 6.45) is 1.71. The smallest absolute Gasteiger partial charge is 0.150 e. The molecule has 1 aliphatic heterocycles. The third kappa shape index (κ3) is 3.10. The average Bonchev–Trinajstić information content (AvgIpc) is 2.41. The second kappa shape index (κ2) is 4.45. The van der Waals surface area contributed by atoms with Crippen molar-refractivity contribution in [2.75, 3.05) is 18.6 Å². The van der Waals surface area contributed by atoms with E-state index in [9.17, 15) is 8.42 Å². The maximum Gasteiger partial charge on any atom is 0.150 e. The van der Waals surface area contributed by atoms with Gasteiger partial charge >= 0.3 is 0 Å². The minimum atomic E-state index is -2.73. The van der Waals surface area contributed by atoms with E-state index in [4.69, 9.17) is 0 Å². The zero-order valence-corrected chi connectivity index (χ0v) is 9.73. The van der Waals surface area contributed by atoms with Crippen LogP contribution in [0.2, 0.25) is 0 Å². The van der Waals surface area contributed by atoms with Crippen LogP contribution in [0.5, 0.6) is 0 Å². The molecule has 1 saturated heterocycles. The Labute approximate surface area is 86.5 Å². The topological polar surface area (TPSA) is 46.2 Å². The highest BCUT2D eigenvalue weighted by atomic mass is 32.2. The number of hydrogen-bond donors (Lipinski definition) is 1. The van der Waals surface area contributed by atoms with Gasteiger partial charge in [0.15, 0.2) is 9.84 Å². The van der Waals surface area contributed by atoms with Crippen LogP contribution in [0.25, 0.3) is 0 Å². The lowest BCUT2D eigenvalue weighted by Gasteiger charge is -2.19. The van der Waals surface area contributed by atoms with E-state index < -0.39 is 9.84 Å². The molecule has 0 aliphatic carbocycles. The SMILES string of the molecule is C=C(C)C(CC1CCS(=O)(=O)C1)NC. The summed E-state index contributed by atoms with van der Waals surface area (Å²) in [5.41, 5.74) is 1.08. The monoisotopic (exact) mass is 217 g/mol. The van der Waals surface area contributed by atoms with Crippen molar-refractivity contribution in [3.05, 3.63) is 12.2 Å². The summed E-state index contributed by atoms with van der Waals surface area (Å²) in [6.45, 7) is 5.87. The van der Waals surface area contributed by atoms with Crippen LogP contribution in [-0.2, 0) is 9.84 Å². The molecule has 2 unspecified atom stereocenters. The molecule has 0 aromatic heterocycles. The van der Waals surface area contributed by atoms with Gasteiger partial charge in [-0.25, -0.2) is 8.42 Å². The first-order chi connectivity index (χ1) is 6.44. The van der Waals surface area contributed by atoms with Gasteiger partial charge in [0.2, 0.25) is 0 Å². The van der Waals surface area contributed by atoms with Gasteiger partial charge in [-0.3, -0.25) is 0 Å². The summed E-state index contributed by atoms with van der Waals surface area (Å²) in [5, 5.41) is 3.16. The number of sulfone groups is 1. The molecule has 0 bridgehead atoms. The molecular weight excluding hydrogens is 198 g/mol. The van der Waals surface area contributed by atoms with Gasteiger partial charge in [0.05, 0.1) is 11.5 Å². The van der Waals surface area contributed by atoms with Crippen molar-refractivity contribution < 1.29 is 8.42 Å². The molecule has 0 spiro atoms. The molecule has 0 aromatic carbocycles. The summed E-state index contributed by atoms with van der Waals surface area (Å²) in [7, 11) is -0.841. The number of rotatable bonds is 4. The third-order valence-electron chi connectivity index (χ3n) is 2.84. The van der Waals surface area contributed by atoms with Crippen LogP contribution < -0.4 is 5.32 Å². The molecule has 1 fully saturated rings. The van der Waals surface area contributed by atoms with Gasteiger partial charge in [0.25, 0.3) is 0 Å². The number of likely N-dealkylation sites (N-methyl/N-ethyl adjacent to an activating group) is 1. The summed E-state index contributed by atoms with van der Waals surface area (Å²) in [6, 6.07) is 0.258. The highest BCUT2D eigenvalue weighted by molar-refractivity contribution is 7.91. The Morgan fingerprint density at radius 1 is 1.64 bits per heavy atom. The maximum atomic E-state index is 11.2. The predicted molar refractivity (Wildman–Crippen MR) is 59.0 cm³/mol. The van der Waals surface area contributed by atoms with Crippen LogP contribution in [0.15, 0.2) is 12.2 Å². The zero-order valence-electron chi connectivity index (χ0n) is 8.91. The van der Waals surface area contributed by atoms with Crippen molar-refractivity contribution in [3.8, 4) is 0 Å². The molecule has 0 radical (unpaired) electrons. The van der Waals surface area contributed by atoms with Gasteiger partial charge in [-0.2, -0.15) is 0 Å². The summed E-state index contributed by atoms with van der Waals surface area (Å²) >= 11 is 0. The highest BCUT2D eigenvalue weighted by Crippen LogP contribution is 2.24. The van der Waals surface area contributed by atoms with Crippen molar-refractivity contribution in [1.29, 1.82) is 0 Å². The standard InChI is InChI=1S/C10H19NO2S/c1-8(2)10(11-3)6-9-4-5-14(12,13)7-9/h9-11H,1,4-7H2,2-3H3. The molecule has 0 aromatic rings. The van der Waals surface area contributed by atoms with Crippen molar-refractivity contribution >= 4 is 9.84 Å². The van der Waals surface area contributed by atoms with E-state index in [-0.39, 0.29) is 6.04 Å². The third-order valence-corrected chi connectivity index (χ3v) is 4.68. The Hall–Kier alpha value is -0.350. The first-order valence-corrected chi connectivity index (χ1v) is 6.80. The fourth-order valence-electron chi connectivity index (χ4n) is 1.96. The average molecular weight is 217 g/mol. The van der Waals surface area contributed by atoms with Gasteiger partial charge in [-0.15, -0.1) is 0 Å². The quantitative estimate of drug-likeness (QED) is 0.714. The van der Waals surface area contributed by atoms with Gasteiger partial charge in [-0.1, -0.05) is 12.2 Å². The van der Waals surface area contributed by atoms with Gasteiger partial charge < -0.3 is 5.32 Å². The molecule has 4 heteroatoms. The Kier molecular flexibility index (Phi) is 3.72. The predicted octanol–water partition coefficient (Wildman–Crippen LogP) is 0.975. The fraction of sp³-hybridized carbons (Fsp3) is 0.800. The molecule has 1 heterocycles. The van der Waals surface area contributed by atoms with Crippen molar-refractivity contribution in [2.45, 2.75) is 25.8 Å². The molecule has 2 atom stereocenters. The van der Waals surface area contributed by atoms with Crippen LogP contribution in [0, 0.1) is 5.92 Å². The van der Waals surface area contributed by atoms with Gasteiger partial charge in [0, 0.05) is 6.04 Å². The summed E-state index contributed by atoms with van der Waals surface area (Å²) in [5.74, 6) is 1.04. The van der Waals surface area contributed by atoms with Crippen LogP contribution in [0.1, 0.15) is 19.8 Å². The van der Waals surface area contributed by atoms with E-state index in [1.165, 1.54) is 0 Å². The molecule has 14 heavy (non-hydrogen) atoms. The zero-order chi connectivity index (χ0) is 10.8. The maximum absolute atomic E-state index is 11.2. The molecule has 0 amide bonds. The van der Waals surface area contributed by atoms with Crippen molar-refractivity contribution in [2.24, 2.45) is 5.92 Å². The lowest BCUT2D eigenvalue weighted by molar-refractivity contribution is 0.462. The van der Waals surface area contributed by atoms with E-state index in [2.05, 4.69) is 11.9 Å². The Bertz CT molecular complexity index is 308.